The van der Waals surface area contributed by atoms with Crippen LogP contribution in [0.25, 0.3) is 5.65 Å². The normalized spacial score (nSPS) is 21.8. The van der Waals surface area contributed by atoms with Crippen LogP contribution in [0.5, 0.6) is 0 Å². The van der Waals surface area contributed by atoms with Gasteiger partial charge in [0, 0.05) is 12.8 Å². The molecule has 4 rings (SSSR count). The van der Waals surface area contributed by atoms with Crippen LogP contribution in [0, 0.1) is 22.7 Å². The number of nitrogens with zero attached hydrogens (tertiary/aromatic N) is 4. The van der Waals surface area contributed by atoms with Gasteiger partial charge in [0.2, 0.25) is 5.92 Å². The van der Waals surface area contributed by atoms with Gasteiger partial charge in [-0.1, -0.05) is 6.42 Å². The van der Waals surface area contributed by atoms with E-state index in [0.29, 0.717) is 11.3 Å². The number of fused-ring (bicyclic) bond motifs is 1. The van der Waals surface area contributed by atoms with Gasteiger partial charge in [0.05, 0.1) is 41.7 Å². The van der Waals surface area contributed by atoms with Crippen molar-refractivity contribution in [1.29, 1.82) is 5.26 Å². The lowest BCUT2D eigenvalue weighted by Crippen LogP contribution is -2.40. The molecule has 2 aliphatic carbocycles. The summed E-state index contributed by atoms with van der Waals surface area (Å²) in [6.45, 7) is 5.29. The number of alkyl halides is 2. The van der Waals surface area contributed by atoms with Crippen molar-refractivity contribution >= 4 is 11.7 Å². The first-order valence-electron chi connectivity index (χ1n) is 11.8. The molecule has 184 valence electrons. The van der Waals surface area contributed by atoms with E-state index >= 15 is 0 Å². The third-order valence-corrected chi connectivity index (χ3v) is 7.01. The molecule has 0 bridgehead atoms. The van der Waals surface area contributed by atoms with Crippen LogP contribution in [0.2, 0.25) is 0 Å². The van der Waals surface area contributed by atoms with Crippen molar-refractivity contribution in [1.82, 2.24) is 19.9 Å². The number of nitrogens with two attached hydrogens (primary N) is 1. The van der Waals surface area contributed by atoms with Crippen LogP contribution in [0.15, 0.2) is 18.5 Å². The van der Waals surface area contributed by atoms with Gasteiger partial charge in [-0.05, 0) is 64.0 Å². The summed E-state index contributed by atoms with van der Waals surface area (Å²) in [5.41, 5.74) is 6.92. The number of aromatic nitrogens is 3. The van der Waals surface area contributed by atoms with Crippen molar-refractivity contribution in [3.63, 3.8) is 0 Å². The molecule has 2 aromatic heterocycles. The molecule has 0 aliphatic heterocycles. The van der Waals surface area contributed by atoms with Crippen molar-refractivity contribution < 1.29 is 18.3 Å². The Labute approximate surface area is 197 Å². The predicted molar refractivity (Wildman–Crippen MR) is 121 cm³/mol. The first kappa shape index (κ1) is 24.3. The molecule has 0 saturated heterocycles. The molecule has 34 heavy (non-hydrogen) atoms. The fourth-order valence-corrected chi connectivity index (χ4v) is 4.86. The number of carbonyl (C=O) groups excluding carboxylic acids is 1. The molecule has 0 aromatic carbocycles. The van der Waals surface area contributed by atoms with Crippen molar-refractivity contribution in [3.05, 3.63) is 29.7 Å². The number of nitriles is 1. The fraction of sp³-hybridized carbons (Fsp3) is 0.667. The molecule has 8 nitrogen and oxygen atoms in total. The predicted octanol–water partition coefficient (Wildman–Crippen LogP) is 4.81. The van der Waals surface area contributed by atoms with Gasteiger partial charge in [0.25, 0.3) is 0 Å². The Morgan fingerprint density at radius 3 is 2.56 bits per heavy atom. The molecule has 0 radical (unpaired) electrons. The van der Waals surface area contributed by atoms with Gasteiger partial charge in [-0.25, -0.2) is 23.1 Å². The van der Waals surface area contributed by atoms with Crippen LogP contribution in [0.4, 0.5) is 13.6 Å². The largest absolute Gasteiger partial charge is 0.444 e. The molecule has 2 atom stereocenters. The molecule has 2 aromatic rings. The minimum absolute atomic E-state index is 0.212. The Bertz CT molecular complexity index is 1090. The van der Waals surface area contributed by atoms with Gasteiger partial charge in [0.15, 0.2) is 5.65 Å². The van der Waals surface area contributed by atoms with Crippen LogP contribution in [-0.2, 0) is 4.74 Å². The van der Waals surface area contributed by atoms with Gasteiger partial charge in [-0.3, -0.25) is 0 Å². The standard InChI is InChI=1S/C24H32F2N6O2/c1-22(2,3)34-21(33)31-19(15-5-9-24(25,26)10-6-15)17-13-32-18(30-17)11-16(12-29-32)20(28)23(14-27)7-4-8-23/h11-13,15,19-20H,4-10,28H2,1-3H3,(H,31,33)/t19-,20?/m0/s1. The molecule has 3 N–H and O–H groups in total. The summed E-state index contributed by atoms with van der Waals surface area (Å²) in [5.74, 6) is -2.90. The molecule has 0 spiro atoms. The fourth-order valence-electron chi connectivity index (χ4n) is 4.86. The number of amides is 1. The summed E-state index contributed by atoms with van der Waals surface area (Å²) in [6.07, 6.45) is 5.25. The summed E-state index contributed by atoms with van der Waals surface area (Å²) in [5, 5.41) is 16.9. The lowest BCUT2D eigenvalue weighted by Gasteiger charge is -2.40. The zero-order valence-electron chi connectivity index (χ0n) is 19.9. The number of rotatable bonds is 5. The monoisotopic (exact) mass is 474 g/mol. The molecular weight excluding hydrogens is 442 g/mol. The first-order chi connectivity index (χ1) is 15.9. The van der Waals surface area contributed by atoms with Crippen LogP contribution in [0.1, 0.15) is 89.1 Å². The number of alkyl carbamates (subject to hydrolysis) is 1. The molecule has 1 amide bonds. The van der Waals surface area contributed by atoms with Gasteiger partial charge >= 0.3 is 6.09 Å². The second-order valence-electron chi connectivity index (χ2n) is 10.7. The Hall–Kier alpha value is -2.80. The van der Waals surface area contributed by atoms with E-state index in [9.17, 15) is 18.8 Å². The van der Waals surface area contributed by atoms with E-state index in [1.807, 2.05) is 0 Å². The van der Waals surface area contributed by atoms with Gasteiger partial charge in [-0.15, -0.1) is 0 Å². The molecular formula is C24H32F2N6O2. The molecule has 2 saturated carbocycles. The molecule has 1 unspecified atom stereocenters. The average molecular weight is 475 g/mol. The van der Waals surface area contributed by atoms with E-state index in [4.69, 9.17) is 10.5 Å². The Kier molecular flexibility index (Phi) is 6.27. The van der Waals surface area contributed by atoms with E-state index in [1.165, 1.54) is 0 Å². The number of nitrogens with one attached hydrogen (secondary N) is 1. The summed E-state index contributed by atoms with van der Waals surface area (Å²) < 4.78 is 34.6. The SMILES string of the molecule is CC(C)(C)OC(=O)N[C@H](c1cn2ncc(C(N)C3(C#N)CCC3)cc2n1)C1CCC(F)(F)CC1. The lowest BCUT2D eigenvalue weighted by molar-refractivity contribution is -0.0500. The summed E-state index contributed by atoms with van der Waals surface area (Å²) >= 11 is 0. The van der Waals surface area contributed by atoms with E-state index in [2.05, 4.69) is 21.5 Å². The van der Waals surface area contributed by atoms with Crippen molar-refractivity contribution in [2.75, 3.05) is 0 Å². The topological polar surface area (TPSA) is 118 Å². The Balaban J connectivity index is 1.62. The second-order valence-corrected chi connectivity index (χ2v) is 10.7. The van der Waals surface area contributed by atoms with E-state index in [-0.39, 0.29) is 31.6 Å². The number of hydrogen-bond acceptors (Lipinski definition) is 6. The van der Waals surface area contributed by atoms with Crippen molar-refractivity contribution in [2.24, 2.45) is 17.1 Å². The molecule has 2 fully saturated rings. The van der Waals surface area contributed by atoms with Crippen molar-refractivity contribution in [3.8, 4) is 6.07 Å². The maximum atomic E-state index is 13.8. The van der Waals surface area contributed by atoms with Gasteiger partial charge in [0.1, 0.15) is 5.60 Å². The quantitative estimate of drug-likeness (QED) is 0.642. The number of hydrogen-bond donors (Lipinski definition) is 2. The number of carbonyl (C=O) groups is 1. The average Bonchev–Trinajstić information content (AvgIpc) is 3.13. The first-order valence-corrected chi connectivity index (χ1v) is 11.8. The van der Waals surface area contributed by atoms with Crippen LogP contribution >= 0.6 is 0 Å². The Morgan fingerprint density at radius 2 is 2.00 bits per heavy atom. The van der Waals surface area contributed by atoms with E-state index < -0.39 is 35.1 Å². The highest BCUT2D eigenvalue weighted by molar-refractivity contribution is 5.68. The number of ether oxygens (including phenoxy) is 1. The van der Waals surface area contributed by atoms with Gasteiger partial charge < -0.3 is 15.8 Å². The highest BCUT2D eigenvalue weighted by atomic mass is 19.3. The third-order valence-electron chi connectivity index (χ3n) is 7.01. The summed E-state index contributed by atoms with van der Waals surface area (Å²) in [7, 11) is 0. The van der Waals surface area contributed by atoms with Gasteiger partial charge in [-0.2, -0.15) is 10.4 Å². The molecule has 10 heteroatoms. The second kappa shape index (κ2) is 8.77. The maximum Gasteiger partial charge on any atom is 0.408 e. The molecule has 2 aliphatic rings. The van der Waals surface area contributed by atoms with Crippen LogP contribution in [-0.4, -0.2) is 32.2 Å². The van der Waals surface area contributed by atoms with E-state index in [0.717, 1.165) is 24.8 Å². The summed E-state index contributed by atoms with van der Waals surface area (Å²) in [4.78, 5) is 17.2. The summed E-state index contributed by atoms with van der Waals surface area (Å²) in [6, 6.07) is 3.11. The minimum Gasteiger partial charge on any atom is -0.444 e. The maximum absolute atomic E-state index is 13.8. The van der Waals surface area contributed by atoms with Crippen LogP contribution in [0.3, 0.4) is 0 Å². The zero-order valence-corrected chi connectivity index (χ0v) is 19.9. The third kappa shape index (κ3) is 4.99. The molecule has 2 heterocycles. The lowest BCUT2D eigenvalue weighted by atomic mass is 9.64. The smallest absolute Gasteiger partial charge is 0.408 e. The van der Waals surface area contributed by atoms with Crippen LogP contribution < -0.4 is 11.1 Å². The highest BCUT2D eigenvalue weighted by Crippen LogP contribution is 2.48. The van der Waals surface area contributed by atoms with E-state index in [1.54, 1.807) is 43.7 Å². The number of halogens is 2. The highest BCUT2D eigenvalue weighted by Gasteiger charge is 2.44. The van der Waals surface area contributed by atoms with Crippen molar-refractivity contribution in [2.45, 2.75) is 89.3 Å². The minimum atomic E-state index is -2.68. The Morgan fingerprint density at radius 1 is 1.32 bits per heavy atom. The number of imidazole rings is 1. The zero-order chi connectivity index (χ0) is 24.7.